The molecule has 0 saturated heterocycles. The summed E-state index contributed by atoms with van der Waals surface area (Å²) in [5.41, 5.74) is 2.37. The van der Waals surface area contributed by atoms with E-state index in [0.29, 0.717) is 22.1 Å². The Kier molecular flexibility index (Phi) is 7.14. The molecular formula is C22H27NO5S. The number of fused-ring (bicyclic) bond motifs is 1. The van der Waals surface area contributed by atoms with Crippen LogP contribution < -0.4 is 14.8 Å². The number of ether oxygens (including phenoxy) is 3. The van der Waals surface area contributed by atoms with Crippen molar-refractivity contribution < 1.29 is 23.8 Å². The normalized spacial score (nSPS) is 13.6. The zero-order valence-electron chi connectivity index (χ0n) is 17.1. The number of benzene rings is 1. The van der Waals surface area contributed by atoms with Gasteiger partial charge in [-0.1, -0.05) is 18.9 Å². The van der Waals surface area contributed by atoms with Crippen molar-refractivity contribution in [1.82, 2.24) is 0 Å². The fraction of sp³-hybridized carbons (Fsp3) is 0.455. The van der Waals surface area contributed by atoms with E-state index in [1.54, 1.807) is 26.4 Å². The Bertz CT molecular complexity index is 890. The molecule has 0 bridgehead atoms. The smallest absolute Gasteiger partial charge is 0.341 e. The number of methoxy groups -OCH3 is 3. The van der Waals surface area contributed by atoms with Crippen molar-refractivity contribution in [3.05, 3.63) is 39.8 Å². The number of carbonyl (C=O) groups excluding carboxylic acids is 2. The minimum Gasteiger partial charge on any atom is -0.493 e. The molecular weight excluding hydrogens is 390 g/mol. The van der Waals surface area contributed by atoms with E-state index in [0.717, 1.165) is 43.2 Å². The van der Waals surface area contributed by atoms with Crippen molar-refractivity contribution in [2.45, 2.75) is 44.9 Å². The van der Waals surface area contributed by atoms with Crippen molar-refractivity contribution in [3.63, 3.8) is 0 Å². The molecule has 0 unspecified atom stereocenters. The number of carbonyl (C=O) groups is 2. The van der Waals surface area contributed by atoms with E-state index in [9.17, 15) is 9.59 Å². The van der Waals surface area contributed by atoms with Crippen molar-refractivity contribution in [2.75, 3.05) is 26.6 Å². The summed E-state index contributed by atoms with van der Waals surface area (Å²) in [5, 5.41) is 3.54. The van der Waals surface area contributed by atoms with Gasteiger partial charge in [-0.2, -0.15) is 0 Å². The van der Waals surface area contributed by atoms with Crippen LogP contribution in [0, 0.1) is 0 Å². The maximum absolute atomic E-state index is 12.7. The zero-order valence-corrected chi connectivity index (χ0v) is 17.9. The summed E-state index contributed by atoms with van der Waals surface area (Å²) < 4.78 is 15.6. The molecule has 0 radical (unpaired) electrons. The highest BCUT2D eigenvalue weighted by Crippen LogP contribution is 2.37. The highest BCUT2D eigenvalue weighted by atomic mass is 32.1. The first-order chi connectivity index (χ1) is 14.1. The summed E-state index contributed by atoms with van der Waals surface area (Å²) >= 11 is 1.50. The van der Waals surface area contributed by atoms with Crippen LogP contribution in [-0.4, -0.2) is 33.2 Å². The largest absolute Gasteiger partial charge is 0.493 e. The van der Waals surface area contributed by atoms with Gasteiger partial charge in [-0.15, -0.1) is 11.3 Å². The van der Waals surface area contributed by atoms with Crippen LogP contribution in [0.25, 0.3) is 0 Å². The number of rotatable bonds is 6. The van der Waals surface area contributed by atoms with Gasteiger partial charge in [0, 0.05) is 4.88 Å². The van der Waals surface area contributed by atoms with Gasteiger partial charge in [0.05, 0.1) is 33.3 Å². The Morgan fingerprint density at radius 2 is 1.72 bits per heavy atom. The Balaban J connectivity index is 1.82. The van der Waals surface area contributed by atoms with Gasteiger partial charge in [-0.3, -0.25) is 4.79 Å². The second-order valence-electron chi connectivity index (χ2n) is 7.03. The first-order valence-corrected chi connectivity index (χ1v) is 10.6. The summed E-state index contributed by atoms with van der Waals surface area (Å²) in [5.74, 6) is 0.621. The molecule has 0 saturated carbocycles. The van der Waals surface area contributed by atoms with Crippen LogP contribution in [0.1, 0.15) is 52.0 Å². The second-order valence-corrected chi connectivity index (χ2v) is 8.13. The van der Waals surface area contributed by atoms with Crippen LogP contribution in [0.2, 0.25) is 0 Å². The number of esters is 1. The van der Waals surface area contributed by atoms with Gasteiger partial charge < -0.3 is 19.5 Å². The number of aryl methyl sites for hydroxylation is 1. The van der Waals surface area contributed by atoms with Crippen LogP contribution >= 0.6 is 11.3 Å². The molecule has 6 nitrogen and oxygen atoms in total. The molecule has 7 heteroatoms. The lowest BCUT2D eigenvalue weighted by molar-refractivity contribution is -0.115. The minimum absolute atomic E-state index is 0.170. The van der Waals surface area contributed by atoms with Crippen molar-refractivity contribution in [3.8, 4) is 11.5 Å². The molecule has 1 aromatic heterocycles. The molecule has 2 aromatic rings. The van der Waals surface area contributed by atoms with Crippen LogP contribution in [-0.2, 0) is 28.8 Å². The molecule has 0 atom stereocenters. The number of hydrogen-bond donors (Lipinski definition) is 1. The predicted molar refractivity (Wildman–Crippen MR) is 113 cm³/mol. The number of nitrogens with one attached hydrogen (secondary N) is 1. The van der Waals surface area contributed by atoms with Gasteiger partial charge in [0.15, 0.2) is 11.5 Å². The number of anilines is 1. The highest BCUT2D eigenvalue weighted by molar-refractivity contribution is 7.17. The Labute approximate surface area is 175 Å². The van der Waals surface area contributed by atoms with Gasteiger partial charge in [0.1, 0.15) is 5.00 Å². The van der Waals surface area contributed by atoms with E-state index >= 15 is 0 Å². The monoisotopic (exact) mass is 417 g/mol. The second kappa shape index (κ2) is 9.78. The molecule has 29 heavy (non-hydrogen) atoms. The maximum atomic E-state index is 12.7. The molecule has 0 spiro atoms. The molecule has 1 aliphatic carbocycles. The molecule has 1 N–H and O–H groups in total. The van der Waals surface area contributed by atoms with Crippen molar-refractivity contribution in [1.29, 1.82) is 0 Å². The van der Waals surface area contributed by atoms with Gasteiger partial charge >= 0.3 is 5.97 Å². The summed E-state index contributed by atoms with van der Waals surface area (Å²) in [6, 6.07) is 5.39. The summed E-state index contributed by atoms with van der Waals surface area (Å²) in [4.78, 5) is 26.4. The number of hydrogen-bond acceptors (Lipinski definition) is 6. The third-order valence-corrected chi connectivity index (χ3v) is 6.33. The van der Waals surface area contributed by atoms with E-state index in [-0.39, 0.29) is 18.3 Å². The average molecular weight is 418 g/mol. The Morgan fingerprint density at radius 1 is 1.00 bits per heavy atom. The molecule has 0 aliphatic heterocycles. The average Bonchev–Trinajstić information content (AvgIpc) is 3.03. The Hall–Kier alpha value is -2.54. The molecule has 0 fully saturated rings. The van der Waals surface area contributed by atoms with Crippen molar-refractivity contribution in [2.24, 2.45) is 0 Å². The number of amides is 1. The van der Waals surface area contributed by atoms with Crippen LogP contribution in [0.3, 0.4) is 0 Å². The zero-order chi connectivity index (χ0) is 20.8. The first kappa shape index (κ1) is 21.2. The van der Waals surface area contributed by atoms with Gasteiger partial charge in [-0.25, -0.2) is 4.79 Å². The SMILES string of the molecule is COC(=O)c1c(NC(=O)Cc2ccc(OC)c(OC)c2)sc2c1CCCCCC2. The van der Waals surface area contributed by atoms with Crippen LogP contribution in [0.15, 0.2) is 18.2 Å². The first-order valence-electron chi connectivity index (χ1n) is 9.81. The molecule has 1 amide bonds. The quantitative estimate of drug-likeness (QED) is 0.706. The lowest BCUT2D eigenvalue weighted by Crippen LogP contribution is -2.16. The number of thiophene rings is 1. The van der Waals surface area contributed by atoms with Crippen molar-refractivity contribution >= 4 is 28.2 Å². The molecule has 1 aliphatic rings. The van der Waals surface area contributed by atoms with Gasteiger partial charge in [0.2, 0.25) is 5.91 Å². The van der Waals surface area contributed by atoms with E-state index in [4.69, 9.17) is 14.2 Å². The fourth-order valence-corrected chi connectivity index (χ4v) is 4.97. The molecule has 3 rings (SSSR count). The topological polar surface area (TPSA) is 73.9 Å². The van der Waals surface area contributed by atoms with Gasteiger partial charge in [-0.05, 0) is 48.9 Å². The van der Waals surface area contributed by atoms with E-state index in [1.807, 2.05) is 6.07 Å². The summed E-state index contributed by atoms with van der Waals surface area (Å²) in [6.07, 6.45) is 6.48. The Morgan fingerprint density at radius 3 is 2.41 bits per heavy atom. The van der Waals surface area contributed by atoms with E-state index in [1.165, 1.54) is 29.7 Å². The maximum Gasteiger partial charge on any atom is 0.341 e. The molecule has 156 valence electrons. The predicted octanol–water partition coefficient (Wildman–Crippen LogP) is 4.39. The standard InChI is InChI=1S/C22H27NO5S/c1-26-16-11-10-14(12-17(16)27-2)13-19(24)23-21-20(22(25)28-3)15-8-6-4-5-7-9-18(15)29-21/h10-12H,4-9,13H2,1-3H3,(H,23,24). The van der Waals surface area contributed by atoms with Crippen LogP contribution in [0.5, 0.6) is 11.5 Å². The molecule has 1 heterocycles. The van der Waals surface area contributed by atoms with Crippen LogP contribution in [0.4, 0.5) is 5.00 Å². The lowest BCUT2D eigenvalue weighted by atomic mass is 9.96. The van der Waals surface area contributed by atoms with E-state index in [2.05, 4.69) is 5.32 Å². The molecule has 1 aromatic carbocycles. The highest BCUT2D eigenvalue weighted by Gasteiger charge is 2.26. The summed E-state index contributed by atoms with van der Waals surface area (Å²) in [7, 11) is 4.51. The van der Waals surface area contributed by atoms with Gasteiger partial charge in [0.25, 0.3) is 0 Å². The van der Waals surface area contributed by atoms with E-state index < -0.39 is 0 Å². The third-order valence-electron chi connectivity index (χ3n) is 5.13. The lowest BCUT2D eigenvalue weighted by Gasteiger charge is -2.11. The summed E-state index contributed by atoms with van der Waals surface area (Å²) in [6.45, 7) is 0. The minimum atomic E-state index is -0.385. The third kappa shape index (κ3) is 4.90. The fourth-order valence-electron chi connectivity index (χ4n) is 3.67.